The van der Waals surface area contributed by atoms with Crippen molar-refractivity contribution >= 4 is 0 Å². The van der Waals surface area contributed by atoms with Crippen LogP contribution in [-0.2, 0) is 17.7 Å². The highest BCUT2D eigenvalue weighted by molar-refractivity contribution is 4.89. The summed E-state index contributed by atoms with van der Waals surface area (Å²) in [6.07, 6.45) is 3.31. The lowest BCUT2D eigenvalue weighted by atomic mass is 10.2. The van der Waals surface area contributed by atoms with E-state index in [0.717, 1.165) is 31.7 Å². The van der Waals surface area contributed by atoms with Crippen LogP contribution in [0.2, 0.25) is 0 Å². The Morgan fingerprint density at radius 2 is 2.50 bits per heavy atom. The van der Waals surface area contributed by atoms with Gasteiger partial charge in [-0.25, -0.2) is 0 Å². The summed E-state index contributed by atoms with van der Waals surface area (Å²) >= 11 is 0. The molecule has 5 heteroatoms. The molecule has 1 aromatic rings. The standard InChI is InChI=1S/C9H15N3O2/c1-10-6-9-11-8(12-14-9)5-7-3-2-4-13-7/h7,10H,2-6H2,1H3. The molecule has 78 valence electrons. The van der Waals surface area contributed by atoms with Crippen molar-refractivity contribution in [2.45, 2.75) is 31.9 Å². The molecule has 14 heavy (non-hydrogen) atoms. The second kappa shape index (κ2) is 4.52. The van der Waals surface area contributed by atoms with Gasteiger partial charge in [0.25, 0.3) is 0 Å². The number of rotatable bonds is 4. The number of hydrogen-bond donors (Lipinski definition) is 1. The van der Waals surface area contributed by atoms with Gasteiger partial charge in [0, 0.05) is 13.0 Å². The molecule has 2 rings (SSSR count). The average molecular weight is 197 g/mol. The maximum absolute atomic E-state index is 5.49. The first-order chi connectivity index (χ1) is 6.88. The Kier molecular flexibility index (Phi) is 3.10. The van der Waals surface area contributed by atoms with Crippen LogP contribution in [0.25, 0.3) is 0 Å². The van der Waals surface area contributed by atoms with E-state index >= 15 is 0 Å². The van der Waals surface area contributed by atoms with Crippen LogP contribution < -0.4 is 5.32 Å². The molecule has 1 N–H and O–H groups in total. The molecule has 1 aliphatic rings. The Bertz CT molecular complexity index is 281. The predicted molar refractivity (Wildman–Crippen MR) is 49.7 cm³/mol. The summed E-state index contributed by atoms with van der Waals surface area (Å²) in [5, 5.41) is 6.86. The molecule has 2 heterocycles. The van der Waals surface area contributed by atoms with Crippen molar-refractivity contribution < 1.29 is 9.26 Å². The summed E-state index contributed by atoms with van der Waals surface area (Å²) in [6.45, 7) is 1.49. The van der Waals surface area contributed by atoms with E-state index in [0.29, 0.717) is 12.4 Å². The summed E-state index contributed by atoms with van der Waals surface area (Å²) in [5.74, 6) is 1.39. The lowest BCUT2D eigenvalue weighted by Gasteiger charge is -2.03. The van der Waals surface area contributed by atoms with E-state index < -0.39 is 0 Å². The minimum Gasteiger partial charge on any atom is -0.378 e. The van der Waals surface area contributed by atoms with Crippen LogP contribution in [0.5, 0.6) is 0 Å². The van der Waals surface area contributed by atoms with Crippen molar-refractivity contribution in [1.82, 2.24) is 15.5 Å². The van der Waals surface area contributed by atoms with Crippen molar-refractivity contribution in [3.8, 4) is 0 Å². The van der Waals surface area contributed by atoms with E-state index in [1.54, 1.807) is 0 Å². The fourth-order valence-electron chi connectivity index (χ4n) is 1.61. The molecule has 0 aliphatic carbocycles. The highest BCUT2D eigenvalue weighted by atomic mass is 16.5. The van der Waals surface area contributed by atoms with Gasteiger partial charge in [-0.3, -0.25) is 0 Å². The molecule has 0 spiro atoms. The first-order valence-electron chi connectivity index (χ1n) is 4.96. The monoisotopic (exact) mass is 197 g/mol. The summed E-state index contributed by atoms with van der Waals surface area (Å²) in [6, 6.07) is 0. The summed E-state index contributed by atoms with van der Waals surface area (Å²) in [4.78, 5) is 4.24. The topological polar surface area (TPSA) is 60.2 Å². The molecule has 5 nitrogen and oxygen atoms in total. The molecule has 0 radical (unpaired) electrons. The minimum absolute atomic E-state index is 0.287. The van der Waals surface area contributed by atoms with Crippen LogP contribution in [0.1, 0.15) is 24.6 Å². The van der Waals surface area contributed by atoms with Gasteiger partial charge in [-0.1, -0.05) is 5.16 Å². The number of nitrogens with zero attached hydrogens (tertiary/aromatic N) is 2. The third-order valence-corrected chi connectivity index (χ3v) is 2.27. The first-order valence-corrected chi connectivity index (χ1v) is 4.96. The first kappa shape index (κ1) is 9.61. The average Bonchev–Trinajstić information content (AvgIpc) is 2.79. The van der Waals surface area contributed by atoms with Gasteiger partial charge in [0.1, 0.15) is 0 Å². The second-order valence-corrected chi connectivity index (χ2v) is 3.47. The molecule has 0 amide bonds. The fourth-order valence-corrected chi connectivity index (χ4v) is 1.61. The normalized spacial score (nSPS) is 21.6. The van der Waals surface area contributed by atoms with E-state index in [9.17, 15) is 0 Å². The number of ether oxygens (including phenoxy) is 1. The molecule has 0 saturated carbocycles. The molecular formula is C9H15N3O2. The largest absolute Gasteiger partial charge is 0.378 e. The van der Waals surface area contributed by atoms with Gasteiger partial charge in [-0.2, -0.15) is 4.98 Å². The molecule has 0 bridgehead atoms. The zero-order valence-electron chi connectivity index (χ0n) is 8.32. The predicted octanol–water partition coefficient (Wildman–Crippen LogP) is 0.510. The third kappa shape index (κ3) is 2.30. The molecule has 1 saturated heterocycles. The highest BCUT2D eigenvalue weighted by Gasteiger charge is 2.18. The van der Waals surface area contributed by atoms with Crippen molar-refractivity contribution in [2.24, 2.45) is 0 Å². The van der Waals surface area contributed by atoms with Crippen LogP contribution in [0, 0.1) is 0 Å². The molecule has 1 fully saturated rings. The van der Waals surface area contributed by atoms with Gasteiger partial charge in [-0.15, -0.1) is 0 Å². The Hall–Kier alpha value is -0.940. The van der Waals surface area contributed by atoms with Crippen molar-refractivity contribution in [3.05, 3.63) is 11.7 Å². The van der Waals surface area contributed by atoms with Gasteiger partial charge < -0.3 is 14.6 Å². The maximum atomic E-state index is 5.49. The second-order valence-electron chi connectivity index (χ2n) is 3.47. The van der Waals surface area contributed by atoms with Crippen molar-refractivity contribution in [1.29, 1.82) is 0 Å². The lowest BCUT2D eigenvalue weighted by molar-refractivity contribution is 0.109. The zero-order valence-corrected chi connectivity index (χ0v) is 8.32. The van der Waals surface area contributed by atoms with Crippen molar-refractivity contribution in [3.63, 3.8) is 0 Å². The van der Waals surface area contributed by atoms with Gasteiger partial charge >= 0.3 is 0 Å². The van der Waals surface area contributed by atoms with Crippen LogP contribution in [-0.4, -0.2) is 29.9 Å². The SMILES string of the molecule is CNCc1nc(CC2CCCO2)no1. The highest BCUT2D eigenvalue weighted by Crippen LogP contribution is 2.15. The smallest absolute Gasteiger partial charge is 0.240 e. The number of hydrogen-bond acceptors (Lipinski definition) is 5. The molecule has 1 unspecified atom stereocenters. The molecule has 1 aliphatic heterocycles. The van der Waals surface area contributed by atoms with E-state index in [1.807, 2.05) is 7.05 Å². The van der Waals surface area contributed by atoms with Gasteiger partial charge in [0.05, 0.1) is 12.6 Å². The quantitative estimate of drug-likeness (QED) is 0.762. The van der Waals surface area contributed by atoms with Gasteiger partial charge in [-0.05, 0) is 19.9 Å². The molecular weight excluding hydrogens is 182 g/mol. The minimum atomic E-state index is 0.287. The van der Waals surface area contributed by atoms with Crippen LogP contribution in [0.4, 0.5) is 0 Å². The Balaban J connectivity index is 1.88. The number of nitrogens with one attached hydrogen (secondary N) is 1. The summed E-state index contributed by atoms with van der Waals surface area (Å²) < 4.78 is 10.5. The Morgan fingerprint density at radius 1 is 1.57 bits per heavy atom. The van der Waals surface area contributed by atoms with E-state index in [2.05, 4.69) is 15.5 Å². The maximum Gasteiger partial charge on any atom is 0.240 e. The lowest BCUT2D eigenvalue weighted by Crippen LogP contribution is -2.10. The van der Waals surface area contributed by atoms with Crippen molar-refractivity contribution in [2.75, 3.05) is 13.7 Å². The van der Waals surface area contributed by atoms with Gasteiger partial charge in [0.2, 0.25) is 5.89 Å². The Labute approximate surface area is 82.8 Å². The third-order valence-electron chi connectivity index (χ3n) is 2.27. The summed E-state index contributed by atoms with van der Waals surface area (Å²) in [7, 11) is 1.85. The van der Waals surface area contributed by atoms with E-state index in [-0.39, 0.29) is 6.10 Å². The van der Waals surface area contributed by atoms with E-state index in [1.165, 1.54) is 0 Å². The fraction of sp³-hybridized carbons (Fsp3) is 0.778. The Morgan fingerprint density at radius 3 is 3.21 bits per heavy atom. The molecule has 0 aromatic carbocycles. The number of aromatic nitrogens is 2. The summed E-state index contributed by atoms with van der Waals surface area (Å²) in [5.41, 5.74) is 0. The zero-order chi connectivity index (χ0) is 9.80. The van der Waals surface area contributed by atoms with Crippen LogP contribution >= 0.6 is 0 Å². The van der Waals surface area contributed by atoms with Crippen LogP contribution in [0.3, 0.4) is 0 Å². The van der Waals surface area contributed by atoms with Gasteiger partial charge in [0.15, 0.2) is 5.82 Å². The molecule has 1 aromatic heterocycles. The van der Waals surface area contributed by atoms with E-state index in [4.69, 9.17) is 9.26 Å². The molecule has 1 atom stereocenters. The van der Waals surface area contributed by atoms with Crippen LogP contribution in [0.15, 0.2) is 4.52 Å².